The first-order valence-electron chi connectivity index (χ1n) is 25.6. The Balaban J connectivity index is 1.11. The summed E-state index contributed by atoms with van der Waals surface area (Å²) < 4.78 is 18.2. The molecule has 3 N–H and O–H groups in total. The summed E-state index contributed by atoms with van der Waals surface area (Å²) in [5.74, 6) is 7.09. The van der Waals surface area contributed by atoms with Gasteiger partial charge in [0.25, 0.3) is 5.91 Å². The van der Waals surface area contributed by atoms with Gasteiger partial charge in [-0.05, 0) is 84.4 Å². The first-order chi connectivity index (χ1) is 36.4. The monoisotopic (exact) mass is 1010 g/mol. The van der Waals surface area contributed by atoms with Crippen LogP contribution in [-0.4, -0.2) is 99.9 Å². The van der Waals surface area contributed by atoms with Gasteiger partial charge in [-0.2, -0.15) is 0 Å². The number of hydrogen-bond acceptors (Lipinski definition) is 9. The van der Waals surface area contributed by atoms with Gasteiger partial charge in [-0.1, -0.05) is 117 Å². The van der Waals surface area contributed by atoms with Crippen LogP contribution >= 0.6 is 0 Å². The summed E-state index contributed by atoms with van der Waals surface area (Å²) >= 11 is 0. The third-order valence-corrected chi connectivity index (χ3v) is 13.7. The Labute approximate surface area is 438 Å². The average molecular weight is 1010 g/mol. The van der Waals surface area contributed by atoms with Gasteiger partial charge in [0.05, 0.1) is 56.9 Å². The van der Waals surface area contributed by atoms with Gasteiger partial charge in [-0.3, -0.25) is 9.59 Å². The van der Waals surface area contributed by atoms with Crippen molar-refractivity contribution in [2.24, 2.45) is 17.8 Å². The molecule has 1 aliphatic heterocycles. The second kappa shape index (κ2) is 24.7. The van der Waals surface area contributed by atoms with Crippen LogP contribution in [0.25, 0.3) is 38.6 Å². The van der Waals surface area contributed by atoms with E-state index in [4.69, 9.17) is 24.2 Å². The van der Waals surface area contributed by atoms with Gasteiger partial charge in [0.1, 0.15) is 23.6 Å². The van der Waals surface area contributed by atoms with E-state index in [1.807, 2.05) is 69.3 Å². The lowest BCUT2D eigenvalue weighted by molar-refractivity contribution is -0.135. The highest BCUT2D eigenvalue weighted by Crippen LogP contribution is 2.35. The quantitative estimate of drug-likeness (QED) is 0.0390. The van der Waals surface area contributed by atoms with Crippen molar-refractivity contribution in [3.05, 3.63) is 156 Å². The standard InChI is InChI=1S/C60H66N8O7/c1-8-17-42-23-24-43(50-34-61-56(63-50)51-22-14-15-32-67(51)58(70)53(39(4)5)64-59(71)73-6)25-28-47(42)45-26-29-48-46(33-45)27-30-49-55(48)68(31-9-2)52(62-49)36-66(35-40(10-3)37-75-38-41-18-16-19-41)57(69)54(65-60(72)74-7)44-20-12-11-13-21-44/h10-14,16,18,20-21,23,25-30,33-34,39-41,53-54H,3,9,15,19,24,31-32,35-38H2,1-2,4-7H3,(H,61,63)(H,64,71)(H,65,72). The summed E-state index contributed by atoms with van der Waals surface area (Å²) in [5, 5.41) is 7.51. The molecule has 3 aliphatic rings. The Morgan fingerprint density at radius 3 is 2.53 bits per heavy atom. The molecular weight excluding hydrogens is 945 g/mol. The number of aryl methyl sites for hydroxylation is 1. The number of H-pyrrole nitrogens is 1. The molecule has 15 heteroatoms. The predicted molar refractivity (Wildman–Crippen MR) is 292 cm³/mol. The van der Waals surface area contributed by atoms with Gasteiger partial charge in [0, 0.05) is 42.4 Å². The number of nitrogens with zero attached hydrogens (tertiary/aromatic N) is 5. The number of amides is 4. The third kappa shape index (κ3) is 12.3. The van der Waals surface area contributed by atoms with Crippen LogP contribution in [0.15, 0.2) is 127 Å². The van der Waals surface area contributed by atoms with E-state index in [0.29, 0.717) is 68.0 Å². The summed E-state index contributed by atoms with van der Waals surface area (Å²) in [4.78, 5) is 70.5. The number of ether oxygens (including phenoxy) is 3. The van der Waals surface area contributed by atoms with E-state index >= 15 is 0 Å². The Bertz CT molecular complexity index is 3210. The summed E-state index contributed by atoms with van der Waals surface area (Å²) in [7, 11) is 2.56. The minimum atomic E-state index is -1.02. The highest BCUT2D eigenvalue weighted by Gasteiger charge is 2.34. The number of aromatic nitrogens is 4. The Morgan fingerprint density at radius 1 is 1.04 bits per heavy atom. The molecule has 2 aromatic heterocycles. The lowest BCUT2D eigenvalue weighted by Gasteiger charge is -2.30. The fourth-order valence-corrected chi connectivity index (χ4v) is 9.56. The second-order valence-electron chi connectivity index (χ2n) is 19.2. The average Bonchev–Trinajstić information content (AvgIpc) is 3.99. The molecular formula is C60H66N8O7. The van der Waals surface area contributed by atoms with Crippen molar-refractivity contribution >= 4 is 62.6 Å². The maximum absolute atomic E-state index is 14.9. The molecule has 75 heavy (non-hydrogen) atoms. The zero-order valence-electron chi connectivity index (χ0n) is 43.7. The van der Waals surface area contributed by atoms with Gasteiger partial charge in [0.2, 0.25) is 5.91 Å². The number of benzene rings is 3. The molecule has 0 fully saturated rings. The molecule has 3 heterocycles. The smallest absolute Gasteiger partial charge is 0.407 e. The maximum Gasteiger partial charge on any atom is 0.407 e. The maximum atomic E-state index is 14.9. The van der Waals surface area contributed by atoms with Crippen LogP contribution in [0.5, 0.6) is 0 Å². The molecule has 8 rings (SSSR count). The summed E-state index contributed by atoms with van der Waals surface area (Å²) in [5.41, 5.74) is 10.7. The van der Waals surface area contributed by atoms with Crippen LogP contribution in [0.3, 0.4) is 0 Å². The Kier molecular flexibility index (Phi) is 17.5. The zero-order chi connectivity index (χ0) is 53.0. The normalized spacial score (nSPS) is 16.3. The molecule has 5 aromatic rings. The van der Waals surface area contributed by atoms with Crippen molar-refractivity contribution in [3.63, 3.8) is 0 Å². The highest BCUT2D eigenvalue weighted by molar-refractivity contribution is 6.06. The van der Waals surface area contributed by atoms with E-state index in [0.717, 1.165) is 62.6 Å². The number of nitrogens with one attached hydrogen (secondary N) is 3. The third-order valence-electron chi connectivity index (χ3n) is 13.7. The first kappa shape index (κ1) is 53.1. The fraction of sp³-hybridized carbons (Fsp3) is 0.350. The van der Waals surface area contributed by atoms with E-state index in [2.05, 4.69) is 106 Å². The van der Waals surface area contributed by atoms with Crippen LogP contribution in [0.2, 0.25) is 0 Å². The minimum absolute atomic E-state index is 0.163. The summed E-state index contributed by atoms with van der Waals surface area (Å²) in [6.45, 7) is 14.3. The number of aromatic amines is 1. The number of methoxy groups -OCH3 is 2. The number of fused-ring (bicyclic) bond motifs is 3. The molecule has 0 radical (unpaired) electrons. The molecule has 15 nitrogen and oxygen atoms in total. The van der Waals surface area contributed by atoms with E-state index in [1.54, 1.807) is 16.0 Å². The fourth-order valence-electron chi connectivity index (χ4n) is 9.56. The molecule has 0 saturated heterocycles. The predicted octanol–water partition coefficient (Wildman–Crippen LogP) is 10.1. The van der Waals surface area contributed by atoms with Crippen LogP contribution in [0.4, 0.5) is 9.59 Å². The lowest BCUT2D eigenvalue weighted by Crippen LogP contribution is -2.51. The molecule has 0 spiro atoms. The number of imidazole rings is 2. The van der Waals surface area contributed by atoms with Crippen molar-refractivity contribution in [1.82, 2.24) is 40.0 Å². The Morgan fingerprint density at radius 2 is 1.83 bits per heavy atom. The van der Waals surface area contributed by atoms with Gasteiger partial charge >= 0.3 is 12.2 Å². The minimum Gasteiger partial charge on any atom is -0.453 e. The van der Waals surface area contributed by atoms with Crippen molar-refractivity contribution in [2.45, 2.75) is 78.6 Å². The number of hydrogen-bond donors (Lipinski definition) is 3. The van der Waals surface area contributed by atoms with Crippen LogP contribution < -0.4 is 10.6 Å². The van der Waals surface area contributed by atoms with Crippen molar-refractivity contribution < 1.29 is 33.4 Å². The molecule has 4 atom stereocenters. The molecule has 0 saturated carbocycles. The number of allylic oxidation sites excluding steroid dienone is 7. The first-order valence-corrected chi connectivity index (χ1v) is 25.6. The van der Waals surface area contributed by atoms with Crippen LogP contribution in [0, 0.1) is 29.6 Å². The molecule has 3 aromatic carbocycles. The van der Waals surface area contributed by atoms with E-state index in [1.165, 1.54) is 14.2 Å². The van der Waals surface area contributed by atoms with Gasteiger partial charge in [0.15, 0.2) is 5.82 Å². The van der Waals surface area contributed by atoms with E-state index in [-0.39, 0.29) is 36.7 Å². The SMILES string of the molecule is C=CC(COCC1C=CC1)CN(Cc1nc2ccc3cc(C4=CC=C(c5cnc(C6=C=CCCN6C(=O)C(NC(=O)OC)C(C)C)[nH]5)CC=C4C#CC)ccc3c2n1CCC)C(=O)C(NC(=O)OC)c1ccccc1. The second-order valence-corrected chi connectivity index (χ2v) is 19.2. The molecule has 388 valence electrons. The van der Waals surface area contributed by atoms with Crippen LogP contribution in [-0.2, 0) is 36.9 Å². The van der Waals surface area contributed by atoms with Crippen molar-refractivity contribution in [3.8, 4) is 11.8 Å². The number of carbonyl (C=O) groups is 4. The highest BCUT2D eigenvalue weighted by atomic mass is 16.5. The van der Waals surface area contributed by atoms with Gasteiger partial charge < -0.3 is 44.2 Å². The van der Waals surface area contributed by atoms with Gasteiger partial charge in [-0.25, -0.2) is 19.6 Å². The molecule has 2 aliphatic carbocycles. The number of alkyl carbamates (subject to hydrolysis) is 2. The number of rotatable bonds is 20. The molecule has 0 bridgehead atoms. The van der Waals surface area contributed by atoms with Gasteiger partial charge in [-0.15, -0.1) is 12.5 Å². The molecule has 4 unspecified atom stereocenters. The van der Waals surface area contributed by atoms with E-state index < -0.39 is 24.3 Å². The van der Waals surface area contributed by atoms with Crippen LogP contribution in [0.1, 0.15) is 87.9 Å². The van der Waals surface area contributed by atoms with Crippen molar-refractivity contribution in [2.75, 3.05) is 40.5 Å². The summed E-state index contributed by atoms with van der Waals surface area (Å²) in [6, 6.07) is 17.9. The number of carbonyl (C=O) groups excluding carboxylic acids is 4. The lowest BCUT2D eigenvalue weighted by atomic mass is 9.95. The topological polar surface area (TPSA) is 173 Å². The molecule has 4 amide bonds. The summed E-state index contributed by atoms with van der Waals surface area (Å²) in [6.07, 6.45) is 17.7. The van der Waals surface area contributed by atoms with Crippen molar-refractivity contribution in [1.29, 1.82) is 0 Å². The van der Waals surface area contributed by atoms with E-state index in [9.17, 15) is 19.2 Å². The Hall–Kier alpha value is -8.18. The zero-order valence-corrected chi connectivity index (χ0v) is 43.7. The largest absolute Gasteiger partial charge is 0.453 e.